The highest BCUT2D eigenvalue weighted by atomic mass is 16.5. The normalized spacial score (nSPS) is 11.8. The second-order valence-corrected chi connectivity index (χ2v) is 7.95. The van der Waals surface area contributed by atoms with Gasteiger partial charge < -0.3 is 33.9 Å². The summed E-state index contributed by atoms with van der Waals surface area (Å²) in [5, 5.41) is 31.8. The molecule has 1 aromatic heterocycles. The molecular formula is C27H24O9. The third-order valence-electron chi connectivity index (χ3n) is 5.95. The van der Waals surface area contributed by atoms with Crippen molar-refractivity contribution in [1.82, 2.24) is 0 Å². The lowest BCUT2D eigenvalue weighted by Gasteiger charge is -2.23. The van der Waals surface area contributed by atoms with E-state index in [1.165, 1.54) is 27.4 Å². The fourth-order valence-corrected chi connectivity index (χ4v) is 4.16. The summed E-state index contributed by atoms with van der Waals surface area (Å²) in [7, 11) is 4.12. The molecule has 0 bridgehead atoms. The zero-order valence-electron chi connectivity index (χ0n) is 19.8. The van der Waals surface area contributed by atoms with Gasteiger partial charge in [0, 0.05) is 34.7 Å². The van der Waals surface area contributed by atoms with E-state index in [2.05, 4.69) is 0 Å². The van der Waals surface area contributed by atoms with E-state index in [1.54, 1.807) is 48.5 Å². The van der Waals surface area contributed by atoms with Crippen LogP contribution in [0.4, 0.5) is 0 Å². The summed E-state index contributed by atoms with van der Waals surface area (Å²) in [4.78, 5) is 25.6. The molecule has 4 rings (SSSR count). The zero-order chi connectivity index (χ0) is 26.0. The lowest BCUT2D eigenvalue weighted by Crippen LogP contribution is -2.13. The molecule has 9 nitrogen and oxygen atoms in total. The summed E-state index contributed by atoms with van der Waals surface area (Å²) in [5.74, 6) is -3.20. The molecular weight excluding hydrogens is 468 g/mol. The van der Waals surface area contributed by atoms with Crippen LogP contribution in [0.15, 0.2) is 63.8 Å². The van der Waals surface area contributed by atoms with Crippen LogP contribution >= 0.6 is 0 Å². The Hall–Kier alpha value is -4.66. The third kappa shape index (κ3) is 4.26. The number of phenolic OH excluding ortho intramolecular Hbond substituents is 3. The van der Waals surface area contributed by atoms with Crippen LogP contribution in [0.5, 0.6) is 28.7 Å². The van der Waals surface area contributed by atoms with Gasteiger partial charge in [-0.1, -0.05) is 36.4 Å². The molecule has 1 heterocycles. The molecule has 0 aliphatic rings. The first-order chi connectivity index (χ1) is 17.3. The van der Waals surface area contributed by atoms with E-state index in [-0.39, 0.29) is 28.7 Å². The zero-order valence-corrected chi connectivity index (χ0v) is 19.8. The van der Waals surface area contributed by atoms with Gasteiger partial charge in [-0.2, -0.15) is 0 Å². The van der Waals surface area contributed by atoms with Gasteiger partial charge >= 0.3 is 5.97 Å². The highest BCUT2D eigenvalue weighted by molar-refractivity contribution is 5.94. The average Bonchev–Trinajstić information content (AvgIpc) is 2.90. The van der Waals surface area contributed by atoms with Crippen LogP contribution in [0.2, 0.25) is 0 Å². The summed E-state index contributed by atoms with van der Waals surface area (Å²) in [6, 6.07) is 14.8. The number of methoxy groups -OCH3 is 3. The highest BCUT2D eigenvalue weighted by Crippen LogP contribution is 2.50. The van der Waals surface area contributed by atoms with Crippen molar-refractivity contribution in [2.45, 2.75) is 12.3 Å². The number of esters is 1. The molecule has 186 valence electrons. The van der Waals surface area contributed by atoms with Crippen LogP contribution in [0.3, 0.4) is 0 Å². The molecule has 3 N–H and O–H groups in total. The van der Waals surface area contributed by atoms with Gasteiger partial charge in [0.1, 0.15) is 28.2 Å². The average molecular weight is 492 g/mol. The fraction of sp³-hybridized carbons (Fsp3) is 0.185. The number of hydrogen-bond acceptors (Lipinski definition) is 9. The molecule has 0 spiro atoms. The Bertz CT molecular complexity index is 1490. The van der Waals surface area contributed by atoms with Gasteiger partial charge in [-0.05, 0) is 6.07 Å². The number of hydrogen-bond donors (Lipinski definition) is 3. The molecule has 4 aromatic rings. The first-order valence-electron chi connectivity index (χ1n) is 10.9. The smallest absolute Gasteiger partial charge is 0.306 e. The number of benzene rings is 3. The molecule has 0 radical (unpaired) electrons. The van der Waals surface area contributed by atoms with Crippen molar-refractivity contribution in [1.29, 1.82) is 0 Å². The predicted octanol–water partition coefficient (Wildman–Crippen LogP) is 4.29. The van der Waals surface area contributed by atoms with Crippen molar-refractivity contribution in [3.63, 3.8) is 0 Å². The van der Waals surface area contributed by atoms with Crippen LogP contribution in [-0.2, 0) is 9.53 Å². The quantitative estimate of drug-likeness (QED) is 0.255. The van der Waals surface area contributed by atoms with Gasteiger partial charge in [-0.3, -0.25) is 9.59 Å². The summed E-state index contributed by atoms with van der Waals surface area (Å²) in [5.41, 5.74) is 0.0480. The number of carbonyl (C=O) groups excluding carboxylic acids is 1. The molecule has 1 unspecified atom stereocenters. The molecule has 0 saturated heterocycles. The Morgan fingerprint density at radius 1 is 0.917 bits per heavy atom. The summed E-state index contributed by atoms with van der Waals surface area (Å²) in [6.07, 6.45) is -0.314. The Labute approximate surface area is 205 Å². The van der Waals surface area contributed by atoms with Crippen LogP contribution in [0.25, 0.3) is 22.3 Å². The molecule has 1 atom stereocenters. The van der Waals surface area contributed by atoms with Crippen LogP contribution in [0, 0.1) is 0 Å². The van der Waals surface area contributed by atoms with Crippen molar-refractivity contribution in [3.05, 3.63) is 75.9 Å². The van der Waals surface area contributed by atoms with Crippen molar-refractivity contribution in [3.8, 4) is 40.1 Å². The predicted molar refractivity (Wildman–Crippen MR) is 131 cm³/mol. The molecule has 0 saturated carbocycles. The van der Waals surface area contributed by atoms with Gasteiger partial charge in [0.2, 0.25) is 5.75 Å². The molecule has 9 heteroatoms. The summed E-state index contributed by atoms with van der Waals surface area (Å²) < 4.78 is 21.7. The minimum absolute atomic E-state index is 0.0935. The Morgan fingerprint density at radius 2 is 1.64 bits per heavy atom. The standard InChI is InChI=1S/C27H24O9/c1-33-15-9-10-16(20(11-15)34-2)17(12-21(29)35-3)22-24(30)26(32)25(31)23-18(28)13-19(36-27(22)23)14-7-5-4-6-8-14/h4-11,13,17,30-32H,12H2,1-3H3. The SMILES string of the molecule is COC(=O)CC(c1ccc(OC)cc1OC)c1c(O)c(O)c(O)c2c(=O)cc(-c3ccccc3)oc12. The Morgan fingerprint density at radius 3 is 2.28 bits per heavy atom. The lowest BCUT2D eigenvalue weighted by molar-refractivity contribution is -0.140. The number of fused-ring (bicyclic) bond motifs is 1. The molecule has 0 aliphatic heterocycles. The van der Waals surface area contributed by atoms with E-state index < -0.39 is 34.6 Å². The molecule has 0 amide bonds. The second-order valence-electron chi connectivity index (χ2n) is 7.95. The van der Waals surface area contributed by atoms with Crippen LogP contribution in [-0.4, -0.2) is 42.6 Å². The Balaban J connectivity index is 2.11. The third-order valence-corrected chi connectivity index (χ3v) is 5.95. The topological polar surface area (TPSA) is 136 Å². The molecule has 0 aliphatic carbocycles. The van der Waals surface area contributed by atoms with E-state index in [9.17, 15) is 24.9 Å². The highest BCUT2D eigenvalue weighted by Gasteiger charge is 2.32. The maximum Gasteiger partial charge on any atom is 0.306 e. The lowest BCUT2D eigenvalue weighted by atomic mass is 9.85. The Kier molecular flexibility index (Phi) is 6.73. The second kappa shape index (κ2) is 9.91. The van der Waals surface area contributed by atoms with Gasteiger partial charge in [-0.25, -0.2) is 0 Å². The molecule has 36 heavy (non-hydrogen) atoms. The van der Waals surface area contributed by atoms with E-state index in [1.807, 2.05) is 0 Å². The van der Waals surface area contributed by atoms with Gasteiger partial charge in [0.05, 0.1) is 27.8 Å². The summed E-state index contributed by atoms with van der Waals surface area (Å²) >= 11 is 0. The van der Waals surface area contributed by atoms with E-state index in [0.29, 0.717) is 22.6 Å². The maximum atomic E-state index is 13.1. The van der Waals surface area contributed by atoms with Gasteiger partial charge in [0.25, 0.3) is 0 Å². The number of carbonyl (C=O) groups is 1. The van der Waals surface area contributed by atoms with E-state index in [4.69, 9.17) is 18.6 Å². The first kappa shape index (κ1) is 24.5. The van der Waals surface area contributed by atoms with Crippen molar-refractivity contribution in [2.75, 3.05) is 21.3 Å². The van der Waals surface area contributed by atoms with Crippen molar-refractivity contribution < 1.29 is 38.7 Å². The number of ether oxygens (including phenoxy) is 3. The van der Waals surface area contributed by atoms with Gasteiger partial charge in [0.15, 0.2) is 16.9 Å². The molecule has 3 aromatic carbocycles. The minimum atomic E-state index is -1.01. The van der Waals surface area contributed by atoms with Crippen LogP contribution < -0.4 is 14.9 Å². The van der Waals surface area contributed by atoms with E-state index in [0.717, 1.165) is 0 Å². The number of phenols is 3. The van der Waals surface area contributed by atoms with Crippen LogP contribution in [0.1, 0.15) is 23.5 Å². The fourth-order valence-electron chi connectivity index (χ4n) is 4.16. The van der Waals surface area contributed by atoms with Crippen molar-refractivity contribution >= 4 is 16.9 Å². The van der Waals surface area contributed by atoms with E-state index >= 15 is 0 Å². The first-order valence-corrected chi connectivity index (χ1v) is 10.9. The largest absolute Gasteiger partial charge is 0.504 e. The summed E-state index contributed by atoms with van der Waals surface area (Å²) in [6.45, 7) is 0. The molecule has 0 fully saturated rings. The maximum absolute atomic E-state index is 13.1. The number of rotatable bonds is 7. The minimum Gasteiger partial charge on any atom is -0.504 e. The monoisotopic (exact) mass is 492 g/mol. The number of aromatic hydroxyl groups is 3. The van der Waals surface area contributed by atoms with Gasteiger partial charge in [-0.15, -0.1) is 0 Å². The van der Waals surface area contributed by atoms with Crippen molar-refractivity contribution in [2.24, 2.45) is 0 Å².